The first-order chi connectivity index (χ1) is 22.1. The molecule has 0 fully saturated rings. The summed E-state index contributed by atoms with van der Waals surface area (Å²) in [7, 11) is 0. The normalized spacial score (nSPS) is 12.0. The minimum atomic E-state index is 0.623. The van der Waals surface area contributed by atoms with Crippen LogP contribution in [0.4, 0.5) is 0 Å². The molecule has 0 radical (unpaired) electrons. The molecule has 0 aliphatic rings. The van der Waals surface area contributed by atoms with E-state index < -0.39 is 0 Å². The van der Waals surface area contributed by atoms with Gasteiger partial charge in [-0.1, -0.05) is 158 Å². The second-order valence-corrected chi connectivity index (χ2v) is 11.7. The van der Waals surface area contributed by atoms with Gasteiger partial charge in [0.2, 0.25) is 0 Å². The predicted octanol–water partition coefficient (Wildman–Crippen LogP) is 11.0. The van der Waals surface area contributed by atoms with E-state index in [0.29, 0.717) is 11.5 Å². The van der Waals surface area contributed by atoms with Crippen LogP contribution in [-0.2, 0) is 0 Å². The molecule has 6 aromatic carbocycles. The minimum Gasteiger partial charge on any atom is -0.247 e. The van der Waals surface area contributed by atoms with Crippen LogP contribution in [0.3, 0.4) is 0 Å². The van der Waals surface area contributed by atoms with Gasteiger partial charge in [-0.25, -0.2) is 15.0 Å². The maximum absolute atomic E-state index is 5.17. The van der Waals surface area contributed by atoms with E-state index in [1.54, 1.807) is 0 Å². The number of benzene rings is 6. The van der Waals surface area contributed by atoms with Gasteiger partial charge >= 0.3 is 0 Å². The number of hydrogen-bond donors (Lipinski definition) is 0. The third kappa shape index (κ3) is 6.10. The van der Waals surface area contributed by atoms with Gasteiger partial charge in [0.1, 0.15) is 3.72 Å². The summed E-state index contributed by atoms with van der Waals surface area (Å²) in [5, 5.41) is 3.46. The molecule has 4 heteroatoms. The van der Waals surface area contributed by atoms with Gasteiger partial charge in [0.15, 0.2) is 5.84 Å². The van der Waals surface area contributed by atoms with Crippen molar-refractivity contribution in [2.45, 2.75) is 0 Å². The number of rotatable bonds is 6. The Morgan fingerprint density at radius 3 is 1.87 bits per heavy atom. The molecule has 0 bridgehead atoms. The molecule has 7 aromatic rings. The first kappa shape index (κ1) is 28.6. The largest absolute Gasteiger partial charge is 0.247 e. The maximum Gasteiger partial charge on any atom is 0.160 e. The average molecular weight is 690 g/mol. The van der Waals surface area contributed by atoms with Crippen LogP contribution >= 0.6 is 22.6 Å². The van der Waals surface area contributed by atoms with Gasteiger partial charge in [-0.3, -0.25) is 0 Å². The van der Waals surface area contributed by atoms with Gasteiger partial charge in [-0.15, -0.1) is 0 Å². The van der Waals surface area contributed by atoms with Crippen molar-refractivity contribution in [2.75, 3.05) is 0 Å². The van der Waals surface area contributed by atoms with E-state index in [-0.39, 0.29) is 0 Å². The quantitative estimate of drug-likeness (QED) is 0.0741. The summed E-state index contributed by atoms with van der Waals surface area (Å²) in [6.45, 7) is 4.22. The van der Waals surface area contributed by atoms with Crippen molar-refractivity contribution in [3.63, 3.8) is 0 Å². The van der Waals surface area contributed by atoms with Crippen molar-refractivity contribution in [1.29, 1.82) is 0 Å². The van der Waals surface area contributed by atoms with Gasteiger partial charge in [-0.2, -0.15) is 0 Å². The standard InChI is InChI=1S/C41H28IN3/c1-28(29-13-5-2-6-14-29)43-41(34-18-9-4-10-19-34)45-40(42)33-23-21-31(22-24-33)37-27-38(32-16-7-3-8-17-32)44-39-35-20-12-11-15-30(35)25-26-36(37)39/h2-27H,1H2. The molecule has 0 spiro atoms. The third-order valence-electron chi connectivity index (χ3n) is 7.79. The Morgan fingerprint density at radius 1 is 0.533 bits per heavy atom. The molecule has 1 aromatic heterocycles. The van der Waals surface area contributed by atoms with Crippen LogP contribution in [0.1, 0.15) is 16.7 Å². The lowest BCUT2D eigenvalue weighted by atomic mass is 9.95. The Morgan fingerprint density at radius 2 is 1.16 bits per heavy atom. The molecular formula is C41H28IN3. The lowest BCUT2D eigenvalue weighted by molar-refractivity contribution is 1.41. The summed E-state index contributed by atoms with van der Waals surface area (Å²) in [5.41, 5.74) is 8.91. The molecule has 0 N–H and O–H groups in total. The number of aliphatic imine (C=N–C) groups is 2. The topological polar surface area (TPSA) is 37.6 Å². The molecule has 0 saturated carbocycles. The molecule has 0 atom stereocenters. The van der Waals surface area contributed by atoms with Crippen LogP contribution in [0.2, 0.25) is 0 Å². The van der Waals surface area contributed by atoms with Crippen molar-refractivity contribution in [3.05, 3.63) is 181 Å². The predicted molar refractivity (Wildman–Crippen MR) is 199 cm³/mol. The van der Waals surface area contributed by atoms with Crippen molar-refractivity contribution >= 4 is 59.5 Å². The monoisotopic (exact) mass is 689 g/mol. The van der Waals surface area contributed by atoms with Crippen LogP contribution in [-0.4, -0.2) is 14.5 Å². The molecule has 214 valence electrons. The van der Waals surface area contributed by atoms with Crippen LogP contribution < -0.4 is 0 Å². The number of halogens is 1. The van der Waals surface area contributed by atoms with E-state index in [1.807, 2.05) is 66.7 Å². The van der Waals surface area contributed by atoms with Crippen LogP contribution in [0.5, 0.6) is 0 Å². The summed E-state index contributed by atoms with van der Waals surface area (Å²) >= 11 is 2.30. The summed E-state index contributed by atoms with van der Waals surface area (Å²) in [6, 6.07) is 54.0. The van der Waals surface area contributed by atoms with Crippen LogP contribution in [0.25, 0.3) is 49.8 Å². The first-order valence-corrected chi connectivity index (χ1v) is 15.8. The fourth-order valence-electron chi connectivity index (χ4n) is 5.46. The highest BCUT2D eigenvalue weighted by atomic mass is 127. The Labute approximate surface area is 276 Å². The second kappa shape index (κ2) is 12.8. The Balaban J connectivity index is 1.30. The zero-order valence-electron chi connectivity index (χ0n) is 24.4. The maximum atomic E-state index is 5.17. The van der Waals surface area contributed by atoms with Crippen molar-refractivity contribution in [1.82, 2.24) is 4.98 Å². The third-order valence-corrected chi connectivity index (χ3v) is 8.66. The molecule has 0 saturated heterocycles. The van der Waals surface area contributed by atoms with E-state index in [9.17, 15) is 0 Å². The first-order valence-electron chi connectivity index (χ1n) is 14.8. The van der Waals surface area contributed by atoms with Crippen molar-refractivity contribution in [2.24, 2.45) is 9.98 Å². The average Bonchev–Trinajstić information content (AvgIpc) is 3.12. The number of aromatic nitrogens is 1. The molecule has 0 amide bonds. The molecule has 0 aliphatic carbocycles. The zero-order chi connectivity index (χ0) is 30.6. The lowest BCUT2D eigenvalue weighted by Gasteiger charge is -2.13. The summed E-state index contributed by atoms with van der Waals surface area (Å²) in [6.07, 6.45) is 0. The van der Waals surface area contributed by atoms with Crippen LogP contribution in [0, 0.1) is 0 Å². The van der Waals surface area contributed by atoms with Crippen molar-refractivity contribution < 1.29 is 0 Å². The number of amidine groups is 1. The van der Waals surface area contributed by atoms with Gasteiger partial charge in [0.05, 0.1) is 16.9 Å². The van der Waals surface area contributed by atoms with Gasteiger partial charge in [0.25, 0.3) is 0 Å². The Hall–Kier alpha value is -5.20. The van der Waals surface area contributed by atoms with Crippen LogP contribution in [0.15, 0.2) is 174 Å². The highest BCUT2D eigenvalue weighted by Gasteiger charge is 2.13. The van der Waals surface area contributed by atoms with Gasteiger partial charge in [0, 0.05) is 27.5 Å². The molecule has 0 unspecified atom stereocenters. The van der Waals surface area contributed by atoms with Gasteiger partial charge < -0.3 is 0 Å². The molecule has 45 heavy (non-hydrogen) atoms. The summed E-state index contributed by atoms with van der Waals surface area (Å²) in [5.74, 6) is 0.623. The molecule has 0 aliphatic heterocycles. The van der Waals surface area contributed by atoms with E-state index in [4.69, 9.17) is 15.0 Å². The highest BCUT2D eigenvalue weighted by Crippen LogP contribution is 2.35. The van der Waals surface area contributed by atoms with Gasteiger partial charge in [-0.05, 0) is 50.7 Å². The Bertz CT molecular complexity index is 2200. The molecule has 1 heterocycles. The zero-order valence-corrected chi connectivity index (χ0v) is 26.6. The molecule has 7 rings (SSSR count). The summed E-state index contributed by atoms with van der Waals surface area (Å²) < 4.78 is 0.846. The van der Waals surface area contributed by atoms with E-state index in [1.165, 1.54) is 5.39 Å². The van der Waals surface area contributed by atoms with E-state index >= 15 is 0 Å². The van der Waals surface area contributed by atoms with E-state index in [2.05, 4.69) is 120 Å². The highest BCUT2D eigenvalue weighted by molar-refractivity contribution is 14.1. The van der Waals surface area contributed by atoms with E-state index in [0.717, 1.165) is 59.1 Å². The Kier molecular flexibility index (Phi) is 8.13. The lowest BCUT2D eigenvalue weighted by Crippen LogP contribution is -2.02. The number of hydrogen-bond acceptors (Lipinski definition) is 2. The SMILES string of the molecule is C=C(N=C(N=C(I)c1ccc(-c2cc(-c3ccccc3)nc3c2ccc2ccccc23)cc1)c1ccccc1)c1ccccc1. The second-order valence-electron chi connectivity index (χ2n) is 10.7. The number of fused-ring (bicyclic) bond motifs is 3. The number of nitrogens with zero attached hydrogens (tertiary/aromatic N) is 3. The van der Waals surface area contributed by atoms with Crippen molar-refractivity contribution in [3.8, 4) is 22.4 Å². The molecular weight excluding hydrogens is 661 g/mol. The fraction of sp³-hybridized carbons (Fsp3) is 0. The smallest absolute Gasteiger partial charge is 0.160 e. The fourth-order valence-corrected chi connectivity index (χ4v) is 6.05. The summed E-state index contributed by atoms with van der Waals surface area (Å²) in [4.78, 5) is 15.0. The minimum absolute atomic E-state index is 0.623. The number of pyridine rings is 1. The molecule has 3 nitrogen and oxygen atoms in total.